The van der Waals surface area contributed by atoms with Gasteiger partial charge in [-0.3, -0.25) is 9.59 Å². The highest BCUT2D eigenvalue weighted by Gasteiger charge is 2.29. The van der Waals surface area contributed by atoms with Crippen molar-refractivity contribution in [3.8, 4) is 22.7 Å². The first-order valence-corrected chi connectivity index (χ1v) is 11.6. The highest BCUT2D eigenvalue weighted by molar-refractivity contribution is 6.30. The number of carbonyl (C=O) groups excluding carboxylic acids is 2. The van der Waals surface area contributed by atoms with Crippen LogP contribution in [0.3, 0.4) is 0 Å². The lowest BCUT2D eigenvalue weighted by molar-refractivity contribution is -0.131. The summed E-state index contributed by atoms with van der Waals surface area (Å²) >= 11 is 5.93. The molecule has 1 aromatic heterocycles. The predicted octanol–water partition coefficient (Wildman–Crippen LogP) is 4.51. The molecule has 3 aromatic rings. The Morgan fingerprint density at radius 1 is 1.00 bits per heavy atom. The molecule has 0 radical (unpaired) electrons. The van der Waals surface area contributed by atoms with E-state index >= 15 is 0 Å². The first kappa shape index (κ1) is 23.8. The second kappa shape index (κ2) is 9.89. The van der Waals surface area contributed by atoms with Crippen molar-refractivity contribution in [2.24, 2.45) is 0 Å². The molecule has 2 amide bonds. The van der Waals surface area contributed by atoms with Crippen molar-refractivity contribution >= 4 is 23.4 Å². The monoisotopic (exact) mass is 483 g/mol. The number of para-hydroxylation sites is 1. The van der Waals surface area contributed by atoms with Gasteiger partial charge in [-0.15, -0.1) is 11.6 Å². The number of piperazine rings is 1. The maximum Gasteiger partial charge on any atom is 0.255 e. The van der Waals surface area contributed by atoms with Crippen molar-refractivity contribution in [3.05, 3.63) is 71.7 Å². The Morgan fingerprint density at radius 3 is 2.32 bits per heavy atom. The molecule has 1 saturated heterocycles. The third kappa shape index (κ3) is 4.53. The smallest absolute Gasteiger partial charge is 0.255 e. The van der Waals surface area contributed by atoms with Gasteiger partial charge in [0.25, 0.3) is 5.91 Å². The van der Waals surface area contributed by atoms with Crippen LogP contribution in [0, 0.1) is 12.7 Å². The maximum absolute atomic E-state index is 14.9. The van der Waals surface area contributed by atoms with E-state index in [-0.39, 0.29) is 17.6 Å². The van der Waals surface area contributed by atoms with Crippen LogP contribution in [-0.4, -0.2) is 64.8 Å². The molecule has 1 aliphatic heterocycles. The number of carbonyl (C=O) groups is 2. The number of alkyl halides is 1. The van der Waals surface area contributed by atoms with Gasteiger partial charge in [0.1, 0.15) is 16.9 Å². The minimum Gasteiger partial charge on any atom is -0.497 e. The van der Waals surface area contributed by atoms with Gasteiger partial charge in [-0.25, -0.2) is 4.39 Å². The van der Waals surface area contributed by atoms with E-state index in [1.165, 1.54) is 6.07 Å². The second-order valence-corrected chi connectivity index (χ2v) is 8.94. The van der Waals surface area contributed by atoms with Crippen molar-refractivity contribution in [1.29, 1.82) is 0 Å². The van der Waals surface area contributed by atoms with E-state index in [1.807, 2.05) is 31.2 Å². The molecule has 0 N–H and O–H groups in total. The summed E-state index contributed by atoms with van der Waals surface area (Å²) < 4.78 is 22.0. The van der Waals surface area contributed by atoms with Gasteiger partial charge in [-0.05, 0) is 44.2 Å². The van der Waals surface area contributed by atoms with E-state index in [0.717, 1.165) is 5.56 Å². The fourth-order valence-corrected chi connectivity index (χ4v) is 4.45. The molecular weight excluding hydrogens is 457 g/mol. The van der Waals surface area contributed by atoms with Crippen LogP contribution in [-0.2, 0) is 4.79 Å². The second-order valence-electron chi connectivity index (χ2n) is 8.28. The third-order valence-corrected chi connectivity index (χ3v) is 6.34. The Morgan fingerprint density at radius 2 is 1.68 bits per heavy atom. The van der Waals surface area contributed by atoms with E-state index in [4.69, 9.17) is 16.3 Å². The van der Waals surface area contributed by atoms with Crippen molar-refractivity contribution in [2.45, 2.75) is 19.2 Å². The van der Waals surface area contributed by atoms with Gasteiger partial charge < -0.3 is 19.1 Å². The molecule has 178 valence electrons. The van der Waals surface area contributed by atoms with Crippen LogP contribution in [0.4, 0.5) is 4.39 Å². The molecule has 2 heterocycles. The largest absolute Gasteiger partial charge is 0.497 e. The fraction of sp³-hybridized carbons (Fsp3) is 0.308. The SMILES string of the molecule is COc1cccc(-c2cc(C(=O)N3CCN(C(=O)C(C)Cl)CC3)c(C)n2-c2ccccc2F)c1. The fourth-order valence-electron chi connectivity index (χ4n) is 4.31. The zero-order valence-corrected chi connectivity index (χ0v) is 20.2. The van der Waals surface area contributed by atoms with Gasteiger partial charge in [0, 0.05) is 37.4 Å². The summed E-state index contributed by atoms with van der Waals surface area (Å²) in [5.74, 6) is 0.00371. The number of benzene rings is 2. The molecule has 0 bridgehead atoms. The van der Waals surface area contributed by atoms with E-state index in [2.05, 4.69) is 0 Å². The van der Waals surface area contributed by atoms with E-state index in [1.54, 1.807) is 52.7 Å². The van der Waals surface area contributed by atoms with E-state index in [0.29, 0.717) is 54.6 Å². The number of amides is 2. The average molecular weight is 484 g/mol. The quantitative estimate of drug-likeness (QED) is 0.502. The molecule has 0 aliphatic carbocycles. The zero-order valence-electron chi connectivity index (χ0n) is 19.4. The molecule has 1 unspecified atom stereocenters. The summed E-state index contributed by atoms with van der Waals surface area (Å²) in [4.78, 5) is 29.1. The summed E-state index contributed by atoms with van der Waals surface area (Å²) in [5, 5.41) is -0.593. The van der Waals surface area contributed by atoms with Gasteiger partial charge in [0.2, 0.25) is 5.91 Å². The highest BCUT2D eigenvalue weighted by atomic mass is 35.5. The Balaban J connectivity index is 1.72. The summed E-state index contributed by atoms with van der Waals surface area (Å²) in [7, 11) is 1.59. The minimum absolute atomic E-state index is 0.129. The Bertz CT molecular complexity index is 1220. The Hall–Kier alpha value is -3.32. The number of nitrogens with zero attached hydrogens (tertiary/aromatic N) is 3. The molecule has 1 fully saturated rings. The lowest BCUT2D eigenvalue weighted by atomic mass is 10.1. The number of aromatic nitrogens is 1. The molecular formula is C26H27ClFN3O3. The molecule has 4 rings (SSSR count). The number of rotatable bonds is 5. The number of hydrogen-bond donors (Lipinski definition) is 0. The van der Waals surface area contributed by atoms with Crippen molar-refractivity contribution in [2.75, 3.05) is 33.3 Å². The zero-order chi connectivity index (χ0) is 24.4. The normalized spacial score (nSPS) is 14.7. The lowest BCUT2D eigenvalue weighted by Crippen LogP contribution is -2.52. The summed E-state index contributed by atoms with van der Waals surface area (Å²) in [6.45, 7) is 5.14. The van der Waals surface area contributed by atoms with E-state index in [9.17, 15) is 14.0 Å². The summed E-state index contributed by atoms with van der Waals surface area (Å²) in [5.41, 5.74) is 2.99. The lowest BCUT2D eigenvalue weighted by Gasteiger charge is -2.35. The molecule has 1 atom stereocenters. The standard InChI is InChI=1S/C26H27ClFN3O3/c1-17(27)25(32)29-11-13-30(14-12-29)26(33)21-16-24(19-7-6-8-20(15-19)34-3)31(18(21)2)23-10-5-4-9-22(23)28/h4-10,15-17H,11-14H2,1-3H3. The first-order chi connectivity index (χ1) is 16.3. The summed E-state index contributed by atoms with van der Waals surface area (Å²) in [6, 6.07) is 15.8. The van der Waals surface area contributed by atoms with Gasteiger partial charge in [-0.1, -0.05) is 24.3 Å². The minimum atomic E-state index is -0.593. The molecule has 2 aromatic carbocycles. The van der Waals surface area contributed by atoms with Crippen molar-refractivity contribution in [1.82, 2.24) is 14.4 Å². The van der Waals surface area contributed by atoms with Crippen LogP contribution >= 0.6 is 11.6 Å². The molecule has 8 heteroatoms. The van der Waals surface area contributed by atoms with Gasteiger partial charge >= 0.3 is 0 Å². The molecule has 34 heavy (non-hydrogen) atoms. The first-order valence-electron chi connectivity index (χ1n) is 11.2. The highest BCUT2D eigenvalue weighted by Crippen LogP contribution is 2.33. The van der Waals surface area contributed by atoms with Crippen molar-refractivity contribution < 1.29 is 18.7 Å². The average Bonchev–Trinajstić information content (AvgIpc) is 3.20. The molecule has 1 aliphatic rings. The van der Waals surface area contributed by atoms with E-state index < -0.39 is 5.38 Å². The molecule has 6 nitrogen and oxygen atoms in total. The van der Waals surface area contributed by atoms with Gasteiger partial charge in [0.15, 0.2) is 0 Å². The van der Waals surface area contributed by atoms with Crippen LogP contribution in [0.1, 0.15) is 23.0 Å². The Labute approximate surface area is 203 Å². The maximum atomic E-state index is 14.9. The Kier molecular flexibility index (Phi) is 6.93. The molecule has 0 spiro atoms. The van der Waals surface area contributed by atoms with Crippen LogP contribution in [0.5, 0.6) is 5.75 Å². The van der Waals surface area contributed by atoms with Crippen LogP contribution in [0.15, 0.2) is 54.6 Å². The summed E-state index contributed by atoms with van der Waals surface area (Å²) in [6.07, 6.45) is 0. The van der Waals surface area contributed by atoms with Crippen LogP contribution in [0.2, 0.25) is 0 Å². The number of methoxy groups -OCH3 is 1. The third-order valence-electron chi connectivity index (χ3n) is 6.16. The van der Waals surface area contributed by atoms with Gasteiger partial charge in [0.05, 0.1) is 24.1 Å². The van der Waals surface area contributed by atoms with Crippen LogP contribution < -0.4 is 4.74 Å². The number of halogens is 2. The number of ether oxygens (including phenoxy) is 1. The number of hydrogen-bond acceptors (Lipinski definition) is 3. The predicted molar refractivity (Wildman–Crippen MR) is 130 cm³/mol. The van der Waals surface area contributed by atoms with Crippen LogP contribution in [0.25, 0.3) is 16.9 Å². The van der Waals surface area contributed by atoms with Gasteiger partial charge in [-0.2, -0.15) is 0 Å². The molecule has 0 saturated carbocycles. The van der Waals surface area contributed by atoms with Crippen molar-refractivity contribution in [3.63, 3.8) is 0 Å². The topological polar surface area (TPSA) is 54.8 Å².